The predicted octanol–water partition coefficient (Wildman–Crippen LogP) is 16.4. The van der Waals surface area contributed by atoms with Gasteiger partial charge >= 0.3 is 0 Å². The number of nitrogens with zero attached hydrogens (tertiary/aromatic N) is 1. The summed E-state index contributed by atoms with van der Waals surface area (Å²) in [6, 6.07) is 0. The number of rotatable bonds is 33. The highest BCUT2D eigenvalue weighted by molar-refractivity contribution is 5.25. The molecule has 6 aliphatic rings. The number of fused-ring (bicyclic) bond motifs is 6. The van der Waals surface area contributed by atoms with Gasteiger partial charge in [0, 0.05) is 19.7 Å². The van der Waals surface area contributed by atoms with Gasteiger partial charge in [0.2, 0.25) is 0 Å². The van der Waals surface area contributed by atoms with Gasteiger partial charge in [0.1, 0.15) is 0 Å². The van der Waals surface area contributed by atoms with Gasteiger partial charge < -0.3 is 23.8 Å². The molecule has 1 unspecified atom stereocenters. The summed E-state index contributed by atoms with van der Waals surface area (Å²) < 4.78 is 25.6. The first kappa shape index (κ1) is 54.6. The first-order valence-corrected chi connectivity index (χ1v) is 29.7. The van der Waals surface area contributed by atoms with Crippen molar-refractivity contribution in [3.8, 4) is 0 Å². The second kappa shape index (κ2) is 29.6. The highest BCUT2D eigenvalue weighted by Gasteiger charge is 2.59. The first-order valence-electron chi connectivity index (χ1n) is 29.7. The fraction of sp³-hybridized carbons (Fsp3) is 0.934. The largest absolute Gasteiger partial charge is 0.379 e. The SMILES string of the molecule is CCCCCCCCC=CCCCCCCCCOCC(CN1CC[C@@H]2CCCC[C@H]2C1)OCCOCCO[C@H]1CC[C@@]2(C)C(=CC[C@H]3[C@@H]4CC[C@H]([C@H](C)CCCC(C)C)[C@@]4(C)CC[C@@H]32)C1. The fourth-order valence-electron chi connectivity index (χ4n) is 15.4. The van der Waals surface area contributed by atoms with E-state index >= 15 is 0 Å². The molecule has 11 atom stereocenters. The van der Waals surface area contributed by atoms with Crippen LogP contribution in [-0.2, 0) is 18.9 Å². The minimum Gasteiger partial charge on any atom is -0.379 e. The van der Waals surface area contributed by atoms with E-state index in [9.17, 15) is 0 Å². The molecule has 5 aliphatic carbocycles. The van der Waals surface area contributed by atoms with Crippen LogP contribution in [0.1, 0.15) is 234 Å². The molecule has 0 aromatic carbocycles. The summed E-state index contributed by atoms with van der Waals surface area (Å²) in [6.07, 6.45) is 49.0. The van der Waals surface area contributed by atoms with E-state index in [4.69, 9.17) is 18.9 Å². The Kier molecular flexibility index (Phi) is 24.5. The highest BCUT2D eigenvalue weighted by Crippen LogP contribution is 2.67. The summed E-state index contributed by atoms with van der Waals surface area (Å²) in [5.74, 6) is 7.23. The van der Waals surface area contributed by atoms with Crippen molar-refractivity contribution in [3.63, 3.8) is 0 Å². The topological polar surface area (TPSA) is 40.2 Å². The van der Waals surface area contributed by atoms with Crippen LogP contribution < -0.4 is 0 Å². The van der Waals surface area contributed by atoms with Crippen LogP contribution in [0.3, 0.4) is 0 Å². The molecule has 1 heterocycles. The minimum absolute atomic E-state index is 0.121. The molecule has 0 radical (unpaired) electrons. The van der Waals surface area contributed by atoms with Gasteiger partial charge in [0.05, 0.1) is 45.2 Å². The number of piperidine rings is 1. The van der Waals surface area contributed by atoms with E-state index in [1.54, 1.807) is 5.57 Å². The quantitative estimate of drug-likeness (QED) is 0.0485. The molecule has 0 bridgehead atoms. The molecule has 6 rings (SSSR count). The maximum Gasteiger partial charge on any atom is 0.0936 e. The van der Waals surface area contributed by atoms with E-state index in [2.05, 4.69) is 64.7 Å². The van der Waals surface area contributed by atoms with Crippen LogP contribution in [0.15, 0.2) is 23.8 Å². The Morgan fingerprint density at radius 1 is 0.682 bits per heavy atom. The van der Waals surface area contributed by atoms with Crippen molar-refractivity contribution in [2.45, 2.75) is 246 Å². The van der Waals surface area contributed by atoms with E-state index in [1.165, 1.54) is 199 Å². The standard InChI is InChI=1S/C61H109NO4/c1-7-8-9-10-11-12-13-14-15-16-17-18-19-20-21-24-40-64-48-55(47-62-39-36-51-28-22-23-29-52(51)46-62)66-44-42-63-41-43-65-54-34-37-60(5)53(45-54)30-31-56-58-33-32-57(50(4)27-25-26-49(2)3)61(58,6)38-35-59(56)60/h14-15,30,49-52,54-59H,7-13,16-29,31-48H2,1-6H3/t50-,51+,52+,54+,55?,56+,57-,58+,59+,60+,61-/m1/s1. The summed E-state index contributed by atoms with van der Waals surface area (Å²) in [5.41, 5.74) is 2.69. The van der Waals surface area contributed by atoms with E-state index in [0.717, 1.165) is 66.9 Å². The Bertz CT molecular complexity index is 1360. The lowest BCUT2D eigenvalue weighted by molar-refractivity contribution is -0.0751. The fourth-order valence-corrected chi connectivity index (χ4v) is 15.4. The molecule has 0 aromatic rings. The van der Waals surface area contributed by atoms with Gasteiger partial charge in [-0.05, 0) is 161 Å². The lowest BCUT2D eigenvalue weighted by Crippen LogP contribution is -2.51. The molecule has 5 fully saturated rings. The van der Waals surface area contributed by atoms with Gasteiger partial charge in [0.25, 0.3) is 0 Å². The highest BCUT2D eigenvalue weighted by atomic mass is 16.6. The molecule has 1 saturated heterocycles. The van der Waals surface area contributed by atoms with Gasteiger partial charge in [-0.2, -0.15) is 0 Å². The van der Waals surface area contributed by atoms with Gasteiger partial charge in [-0.15, -0.1) is 0 Å². The van der Waals surface area contributed by atoms with Crippen LogP contribution in [0.4, 0.5) is 0 Å². The zero-order valence-electron chi connectivity index (χ0n) is 44.7. The van der Waals surface area contributed by atoms with Crippen LogP contribution >= 0.6 is 0 Å². The van der Waals surface area contributed by atoms with E-state index in [1.807, 2.05) is 0 Å². The smallest absolute Gasteiger partial charge is 0.0936 e. The molecule has 4 saturated carbocycles. The third-order valence-corrected chi connectivity index (χ3v) is 19.4. The predicted molar refractivity (Wildman–Crippen MR) is 280 cm³/mol. The Morgan fingerprint density at radius 2 is 1.41 bits per heavy atom. The average molecular weight is 921 g/mol. The minimum atomic E-state index is 0.121. The number of ether oxygens (including phenoxy) is 4. The number of likely N-dealkylation sites (tertiary alicyclic amines) is 1. The Hall–Kier alpha value is -0.720. The zero-order valence-corrected chi connectivity index (χ0v) is 44.7. The Balaban J connectivity index is 0.833. The maximum atomic E-state index is 6.57. The van der Waals surface area contributed by atoms with Crippen LogP contribution in [0.5, 0.6) is 0 Å². The second-order valence-corrected chi connectivity index (χ2v) is 24.5. The van der Waals surface area contributed by atoms with Crippen LogP contribution in [-0.4, -0.2) is 76.4 Å². The monoisotopic (exact) mass is 920 g/mol. The molecule has 0 N–H and O–H groups in total. The van der Waals surface area contributed by atoms with Crippen LogP contribution in [0.25, 0.3) is 0 Å². The zero-order chi connectivity index (χ0) is 46.5. The van der Waals surface area contributed by atoms with Crippen molar-refractivity contribution in [1.29, 1.82) is 0 Å². The summed E-state index contributed by atoms with van der Waals surface area (Å²) in [5, 5.41) is 0. The number of hydrogen-bond donors (Lipinski definition) is 0. The number of unbranched alkanes of at least 4 members (excludes halogenated alkanes) is 12. The van der Waals surface area contributed by atoms with Gasteiger partial charge in [-0.1, -0.05) is 162 Å². The van der Waals surface area contributed by atoms with Crippen molar-refractivity contribution in [1.82, 2.24) is 4.90 Å². The first-order chi connectivity index (χ1) is 32.2. The summed E-state index contributed by atoms with van der Waals surface area (Å²) in [7, 11) is 0. The third-order valence-electron chi connectivity index (χ3n) is 19.4. The van der Waals surface area contributed by atoms with Crippen molar-refractivity contribution >= 4 is 0 Å². The van der Waals surface area contributed by atoms with Crippen molar-refractivity contribution in [2.75, 3.05) is 59.3 Å². The maximum absolute atomic E-state index is 6.57. The van der Waals surface area contributed by atoms with E-state index < -0.39 is 0 Å². The number of hydrogen-bond acceptors (Lipinski definition) is 5. The average Bonchev–Trinajstić information content (AvgIpc) is 3.68. The molecule has 0 amide bonds. The van der Waals surface area contributed by atoms with Gasteiger partial charge in [0.15, 0.2) is 0 Å². The summed E-state index contributed by atoms with van der Waals surface area (Å²) in [4.78, 5) is 2.70. The third kappa shape index (κ3) is 16.7. The Labute approximate surface area is 409 Å². The van der Waals surface area contributed by atoms with E-state index in [-0.39, 0.29) is 6.10 Å². The van der Waals surface area contributed by atoms with Crippen LogP contribution in [0, 0.1) is 58.2 Å². The van der Waals surface area contributed by atoms with Crippen molar-refractivity contribution < 1.29 is 18.9 Å². The van der Waals surface area contributed by atoms with Gasteiger partial charge in [-0.25, -0.2) is 0 Å². The van der Waals surface area contributed by atoms with E-state index in [0.29, 0.717) is 50.0 Å². The lowest BCUT2D eigenvalue weighted by atomic mass is 9.47. The molecular weight excluding hydrogens is 811 g/mol. The van der Waals surface area contributed by atoms with Crippen LogP contribution in [0.2, 0.25) is 0 Å². The molecule has 5 heteroatoms. The summed E-state index contributed by atoms with van der Waals surface area (Å²) in [6.45, 7) is 22.7. The lowest BCUT2D eigenvalue weighted by Gasteiger charge is -2.58. The molecule has 0 spiro atoms. The Morgan fingerprint density at radius 3 is 2.18 bits per heavy atom. The number of allylic oxidation sites excluding steroid dienone is 3. The summed E-state index contributed by atoms with van der Waals surface area (Å²) >= 11 is 0. The van der Waals surface area contributed by atoms with Crippen molar-refractivity contribution in [3.05, 3.63) is 23.8 Å². The molecule has 66 heavy (non-hydrogen) atoms. The second-order valence-electron chi connectivity index (χ2n) is 24.5. The molecule has 0 aromatic heterocycles. The van der Waals surface area contributed by atoms with Crippen molar-refractivity contribution in [2.24, 2.45) is 58.2 Å². The molecule has 1 aliphatic heterocycles. The van der Waals surface area contributed by atoms with Gasteiger partial charge in [-0.3, -0.25) is 0 Å². The molecule has 5 nitrogen and oxygen atoms in total. The molecular formula is C61H109NO4. The molecule has 382 valence electrons. The normalized spacial score (nSPS) is 32.2.